The van der Waals surface area contributed by atoms with Gasteiger partial charge in [-0.05, 0) is 20.0 Å². The minimum absolute atomic E-state index is 0.312. The van der Waals surface area contributed by atoms with E-state index in [1.54, 1.807) is 0 Å². The zero-order valence-corrected chi connectivity index (χ0v) is 8.08. The molecule has 13 heavy (non-hydrogen) atoms. The van der Waals surface area contributed by atoms with E-state index in [1.165, 1.54) is 5.56 Å². The Balaban J connectivity index is 2.37. The van der Waals surface area contributed by atoms with Crippen LogP contribution < -0.4 is 10.1 Å². The molecule has 70 valence electrons. The molecule has 2 heteroatoms. The Kier molecular flexibility index (Phi) is 2.23. The first kappa shape index (κ1) is 8.57. The summed E-state index contributed by atoms with van der Waals surface area (Å²) in [5.74, 6) is 1.03. The first-order chi connectivity index (χ1) is 6.31. The molecule has 1 aromatic carbocycles. The summed E-state index contributed by atoms with van der Waals surface area (Å²) in [7, 11) is 2.00. The van der Waals surface area contributed by atoms with Gasteiger partial charge in [0.05, 0.1) is 6.10 Å². The highest BCUT2D eigenvalue weighted by atomic mass is 16.5. The summed E-state index contributed by atoms with van der Waals surface area (Å²) in [5, 5.41) is 3.31. The maximum absolute atomic E-state index is 5.72. The number of hydrogen-bond donors (Lipinski definition) is 1. The fourth-order valence-electron chi connectivity index (χ4n) is 1.87. The second kappa shape index (κ2) is 3.38. The van der Waals surface area contributed by atoms with Crippen LogP contribution in [0.3, 0.4) is 0 Å². The van der Waals surface area contributed by atoms with Gasteiger partial charge in [0, 0.05) is 18.0 Å². The SMILES string of the molecule is CNC1CC(C)Oc2ccccc21. The van der Waals surface area contributed by atoms with E-state index >= 15 is 0 Å². The van der Waals surface area contributed by atoms with Crippen molar-refractivity contribution >= 4 is 0 Å². The fraction of sp³-hybridized carbons (Fsp3) is 0.455. The van der Waals surface area contributed by atoms with Crippen LogP contribution in [0.15, 0.2) is 24.3 Å². The summed E-state index contributed by atoms with van der Waals surface area (Å²) in [5.41, 5.74) is 1.28. The van der Waals surface area contributed by atoms with Crippen LogP contribution in [-0.2, 0) is 0 Å². The van der Waals surface area contributed by atoms with Crippen LogP contribution in [0.4, 0.5) is 0 Å². The van der Waals surface area contributed by atoms with Crippen LogP contribution >= 0.6 is 0 Å². The molecular weight excluding hydrogens is 162 g/mol. The third-order valence-electron chi connectivity index (χ3n) is 2.54. The smallest absolute Gasteiger partial charge is 0.124 e. The molecule has 0 spiro atoms. The van der Waals surface area contributed by atoms with Crippen molar-refractivity contribution in [2.75, 3.05) is 7.05 Å². The van der Waals surface area contributed by atoms with Crippen molar-refractivity contribution in [1.29, 1.82) is 0 Å². The van der Waals surface area contributed by atoms with Gasteiger partial charge < -0.3 is 10.1 Å². The van der Waals surface area contributed by atoms with Gasteiger partial charge in [-0.25, -0.2) is 0 Å². The first-order valence-corrected chi connectivity index (χ1v) is 4.74. The third kappa shape index (κ3) is 1.54. The van der Waals surface area contributed by atoms with Gasteiger partial charge in [0.25, 0.3) is 0 Å². The Hall–Kier alpha value is -1.02. The van der Waals surface area contributed by atoms with Crippen LogP contribution in [0.5, 0.6) is 5.75 Å². The van der Waals surface area contributed by atoms with Gasteiger partial charge in [-0.2, -0.15) is 0 Å². The molecule has 0 bridgehead atoms. The Labute approximate surface area is 78.9 Å². The number of ether oxygens (including phenoxy) is 1. The predicted octanol–water partition coefficient (Wildman–Crippen LogP) is 2.12. The summed E-state index contributed by atoms with van der Waals surface area (Å²) in [4.78, 5) is 0. The van der Waals surface area contributed by atoms with Crippen molar-refractivity contribution < 1.29 is 4.74 Å². The summed E-state index contributed by atoms with van der Waals surface area (Å²) in [6, 6.07) is 8.68. The minimum Gasteiger partial charge on any atom is -0.490 e. The number of para-hydroxylation sites is 1. The summed E-state index contributed by atoms with van der Waals surface area (Å²) in [6.07, 6.45) is 1.36. The average Bonchev–Trinajstić information content (AvgIpc) is 2.16. The Bertz CT molecular complexity index is 298. The lowest BCUT2D eigenvalue weighted by molar-refractivity contribution is 0.169. The Morgan fingerprint density at radius 2 is 2.15 bits per heavy atom. The standard InChI is InChI=1S/C11H15NO/c1-8-7-10(12-2)9-5-3-4-6-11(9)13-8/h3-6,8,10,12H,7H2,1-2H3. The molecule has 0 fully saturated rings. The van der Waals surface area contributed by atoms with Gasteiger partial charge in [-0.3, -0.25) is 0 Å². The van der Waals surface area contributed by atoms with Crippen molar-refractivity contribution in [2.45, 2.75) is 25.5 Å². The second-order valence-corrected chi connectivity index (χ2v) is 3.54. The molecule has 0 saturated carbocycles. The van der Waals surface area contributed by atoms with E-state index in [4.69, 9.17) is 4.74 Å². The van der Waals surface area contributed by atoms with E-state index in [-0.39, 0.29) is 0 Å². The molecular formula is C11H15NO. The van der Waals surface area contributed by atoms with Crippen LogP contribution in [0, 0.1) is 0 Å². The molecule has 2 rings (SSSR count). The average molecular weight is 177 g/mol. The number of benzene rings is 1. The monoisotopic (exact) mass is 177 g/mol. The summed E-state index contributed by atoms with van der Waals surface area (Å²) >= 11 is 0. The van der Waals surface area contributed by atoms with Gasteiger partial charge in [0.2, 0.25) is 0 Å². The number of hydrogen-bond acceptors (Lipinski definition) is 2. The quantitative estimate of drug-likeness (QED) is 0.709. The van der Waals surface area contributed by atoms with E-state index in [9.17, 15) is 0 Å². The molecule has 1 N–H and O–H groups in total. The van der Waals surface area contributed by atoms with Crippen molar-refractivity contribution in [2.24, 2.45) is 0 Å². The van der Waals surface area contributed by atoms with E-state index in [1.807, 2.05) is 19.2 Å². The lowest BCUT2D eigenvalue weighted by Gasteiger charge is -2.30. The van der Waals surface area contributed by atoms with Gasteiger partial charge >= 0.3 is 0 Å². The molecule has 1 aromatic rings. The molecule has 0 aromatic heterocycles. The predicted molar refractivity (Wildman–Crippen MR) is 52.9 cm³/mol. The van der Waals surface area contributed by atoms with Gasteiger partial charge in [-0.15, -0.1) is 0 Å². The normalized spacial score (nSPS) is 26.3. The maximum atomic E-state index is 5.72. The van der Waals surface area contributed by atoms with Crippen molar-refractivity contribution in [1.82, 2.24) is 5.32 Å². The largest absolute Gasteiger partial charge is 0.490 e. The Morgan fingerprint density at radius 1 is 1.38 bits per heavy atom. The van der Waals surface area contributed by atoms with Crippen LogP contribution in [0.25, 0.3) is 0 Å². The first-order valence-electron chi connectivity index (χ1n) is 4.74. The molecule has 0 radical (unpaired) electrons. The molecule has 0 saturated heterocycles. The molecule has 2 nitrogen and oxygen atoms in total. The summed E-state index contributed by atoms with van der Waals surface area (Å²) in [6.45, 7) is 2.11. The third-order valence-corrected chi connectivity index (χ3v) is 2.54. The number of rotatable bonds is 1. The lowest BCUT2D eigenvalue weighted by Crippen LogP contribution is -2.29. The summed E-state index contributed by atoms with van der Waals surface area (Å²) < 4.78 is 5.72. The van der Waals surface area contributed by atoms with Crippen molar-refractivity contribution in [3.63, 3.8) is 0 Å². The van der Waals surface area contributed by atoms with Crippen molar-refractivity contribution in [3.8, 4) is 5.75 Å². The zero-order valence-electron chi connectivity index (χ0n) is 8.08. The molecule has 0 aliphatic carbocycles. The molecule has 0 amide bonds. The van der Waals surface area contributed by atoms with Gasteiger partial charge in [0.1, 0.15) is 5.75 Å². The topological polar surface area (TPSA) is 21.3 Å². The molecule has 1 aliphatic rings. The van der Waals surface area contributed by atoms with Crippen LogP contribution in [0.1, 0.15) is 24.9 Å². The Morgan fingerprint density at radius 3 is 2.92 bits per heavy atom. The van der Waals surface area contributed by atoms with Crippen molar-refractivity contribution in [3.05, 3.63) is 29.8 Å². The van der Waals surface area contributed by atoms with Crippen LogP contribution in [0.2, 0.25) is 0 Å². The number of fused-ring (bicyclic) bond motifs is 1. The highest BCUT2D eigenvalue weighted by molar-refractivity contribution is 5.37. The molecule has 2 atom stereocenters. The van der Waals surface area contributed by atoms with Crippen LogP contribution in [-0.4, -0.2) is 13.2 Å². The molecule has 1 heterocycles. The molecule has 1 aliphatic heterocycles. The molecule has 2 unspecified atom stereocenters. The van der Waals surface area contributed by atoms with E-state index in [2.05, 4.69) is 24.4 Å². The maximum Gasteiger partial charge on any atom is 0.124 e. The zero-order chi connectivity index (χ0) is 9.26. The highest BCUT2D eigenvalue weighted by Crippen LogP contribution is 2.33. The lowest BCUT2D eigenvalue weighted by atomic mass is 9.97. The van der Waals surface area contributed by atoms with E-state index < -0.39 is 0 Å². The van der Waals surface area contributed by atoms with E-state index in [0.717, 1.165) is 12.2 Å². The van der Waals surface area contributed by atoms with Gasteiger partial charge in [0.15, 0.2) is 0 Å². The van der Waals surface area contributed by atoms with Gasteiger partial charge in [-0.1, -0.05) is 18.2 Å². The number of nitrogens with one attached hydrogen (secondary N) is 1. The highest BCUT2D eigenvalue weighted by Gasteiger charge is 2.23. The van der Waals surface area contributed by atoms with E-state index in [0.29, 0.717) is 12.1 Å². The minimum atomic E-state index is 0.312. The second-order valence-electron chi connectivity index (χ2n) is 3.54. The fourth-order valence-corrected chi connectivity index (χ4v) is 1.87.